The van der Waals surface area contributed by atoms with E-state index in [1.165, 1.54) is 18.5 Å². The van der Waals surface area contributed by atoms with Gasteiger partial charge in [0.2, 0.25) is 0 Å². The molecule has 0 aliphatic carbocycles. The third-order valence-corrected chi connectivity index (χ3v) is 1.72. The second-order valence-corrected chi connectivity index (χ2v) is 2.62. The van der Waals surface area contributed by atoms with Gasteiger partial charge in [-0.25, -0.2) is 0 Å². The molecule has 0 unspecified atom stereocenters. The van der Waals surface area contributed by atoms with Crippen LogP contribution in [0.5, 0.6) is 0 Å². The minimum Gasteiger partial charge on any atom is -0.480 e. The van der Waals surface area contributed by atoms with Crippen molar-refractivity contribution in [3.63, 3.8) is 0 Å². The summed E-state index contributed by atoms with van der Waals surface area (Å²) in [6, 6.07) is 0.404. The van der Waals surface area contributed by atoms with Gasteiger partial charge in [-0.15, -0.1) is 0 Å². The number of carbonyl (C=O) groups is 1. The Morgan fingerprint density at radius 1 is 1.75 bits per heavy atom. The van der Waals surface area contributed by atoms with Gasteiger partial charge in [-0.05, 0) is 6.07 Å². The number of nitrogens with zero attached hydrogens (tertiary/aromatic N) is 1. The zero-order valence-electron chi connectivity index (χ0n) is 6.07. The molecule has 5 heteroatoms. The first kappa shape index (κ1) is 8.96. The van der Waals surface area contributed by atoms with Gasteiger partial charge < -0.3 is 10.8 Å². The van der Waals surface area contributed by atoms with Crippen LogP contribution in [-0.4, -0.2) is 16.1 Å². The Morgan fingerprint density at radius 3 is 2.92 bits per heavy atom. The second kappa shape index (κ2) is 3.51. The molecule has 0 radical (unpaired) electrons. The summed E-state index contributed by atoms with van der Waals surface area (Å²) < 4.78 is 0. The van der Waals surface area contributed by atoms with Crippen LogP contribution in [0.3, 0.4) is 0 Å². The SMILES string of the molecule is N[C@@H](C(=O)O)c1ccncc1Cl. The lowest BCUT2D eigenvalue weighted by atomic mass is 10.1. The van der Waals surface area contributed by atoms with E-state index in [0.717, 1.165) is 0 Å². The fourth-order valence-electron chi connectivity index (χ4n) is 0.771. The van der Waals surface area contributed by atoms with Crippen molar-refractivity contribution >= 4 is 17.6 Å². The van der Waals surface area contributed by atoms with Crippen LogP contribution in [-0.2, 0) is 4.79 Å². The van der Waals surface area contributed by atoms with E-state index in [1.54, 1.807) is 0 Å². The Kier molecular flexibility index (Phi) is 2.62. The molecule has 0 bridgehead atoms. The number of hydrogen-bond acceptors (Lipinski definition) is 3. The highest BCUT2D eigenvalue weighted by Gasteiger charge is 2.16. The van der Waals surface area contributed by atoms with Crippen LogP contribution in [0.15, 0.2) is 18.5 Å². The number of carboxylic acids is 1. The van der Waals surface area contributed by atoms with Crippen molar-refractivity contribution in [3.05, 3.63) is 29.0 Å². The quantitative estimate of drug-likeness (QED) is 0.717. The first-order valence-corrected chi connectivity index (χ1v) is 3.58. The van der Waals surface area contributed by atoms with E-state index in [2.05, 4.69) is 4.98 Å². The Bertz CT molecular complexity index is 303. The summed E-state index contributed by atoms with van der Waals surface area (Å²) >= 11 is 5.66. The molecule has 0 spiro atoms. The van der Waals surface area contributed by atoms with Gasteiger partial charge in [-0.1, -0.05) is 11.6 Å². The third-order valence-electron chi connectivity index (χ3n) is 1.40. The summed E-state index contributed by atoms with van der Waals surface area (Å²) in [5.74, 6) is -1.11. The van der Waals surface area contributed by atoms with E-state index in [1.807, 2.05) is 0 Å². The smallest absolute Gasteiger partial charge is 0.325 e. The van der Waals surface area contributed by atoms with E-state index in [-0.39, 0.29) is 5.02 Å². The molecule has 12 heavy (non-hydrogen) atoms. The molecule has 1 atom stereocenters. The molecule has 1 aromatic rings. The minimum atomic E-state index is -1.11. The van der Waals surface area contributed by atoms with Crippen LogP contribution in [0.4, 0.5) is 0 Å². The lowest BCUT2D eigenvalue weighted by Gasteiger charge is -2.06. The minimum absolute atomic E-state index is 0.271. The number of aliphatic carboxylic acids is 1. The lowest BCUT2D eigenvalue weighted by molar-refractivity contribution is -0.138. The van der Waals surface area contributed by atoms with E-state index in [0.29, 0.717) is 5.56 Å². The molecule has 1 rings (SSSR count). The van der Waals surface area contributed by atoms with Crippen LogP contribution in [0.2, 0.25) is 5.02 Å². The average Bonchev–Trinajstić information content (AvgIpc) is 2.04. The summed E-state index contributed by atoms with van der Waals surface area (Å²) in [5, 5.41) is 8.83. The topological polar surface area (TPSA) is 76.2 Å². The maximum atomic E-state index is 10.4. The lowest BCUT2D eigenvalue weighted by Crippen LogP contribution is -2.20. The van der Waals surface area contributed by atoms with Crippen molar-refractivity contribution in [2.24, 2.45) is 5.73 Å². The largest absolute Gasteiger partial charge is 0.480 e. The number of rotatable bonds is 2. The van der Waals surface area contributed by atoms with Crippen molar-refractivity contribution in [1.82, 2.24) is 4.98 Å². The summed E-state index contributed by atoms with van der Waals surface area (Å²) in [5.41, 5.74) is 5.70. The predicted molar refractivity (Wildman–Crippen MR) is 43.8 cm³/mol. The predicted octanol–water partition coefficient (Wildman–Crippen LogP) is 0.819. The van der Waals surface area contributed by atoms with Gasteiger partial charge in [0.25, 0.3) is 0 Å². The Morgan fingerprint density at radius 2 is 2.42 bits per heavy atom. The Hall–Kier alpha value is -1.13. The van der Waals surface area contributed by atoms with Crippen LogP contribution in [0, 0.1) is 0 Å². The maximum Gasteiger partial charge on any atom is 0.325 e. The molecule has 64 valence electrons. The van der Waals surface area contributed by atoms with Crippen molar-refractivity contribution in [2.45, 2.75) is 6.04 Å². The normalized spacial score (nSPS) is 12.5. The first-order chi connectivity index (χ1) is 5.63. The summed E-state index contributed by atoms with van der Waals surface area (Å²) in [6.07, 6.45) is 2.81. The van der Waals surface area contributed by atoms with Gasteiger partial charge in [-0.2, -0.15) is 0 Å². The zero-order chi connectivity index (χ0) is 9.14. The molecule has 0 aliphatic rings. The highest BCUT2D eigenvalue weighted by molar-refractivity contribution is 6.31. The molecule has 0 fully saturated rings. The fraction of sp³-hybridized carbons (Fsp3) is 0.143. The fourth-order valence-corrected chi connectivity index (χ4v) is 1.01. The van der Waals surface area contributed by atoms with Gasteiger partial charge in [0.15, 0.2) is 0 Å². The molecule has 0 aromatic carbocycles. The number of carboxylic acid groups (broad SMARTS) is 1. The van der Waals surface area contributed by atoms with Crippen LogP contribution < -0.4 is 5.73 Å². The highest BCUT2D eigenvalue weighted by atomic mass is 35.5. The van der Waals surface area contributed by atoms with E-state index < -0.39 is 12.0 Å². The van der Waals surface area contributed by atoms with Gasteiger partial charge in [-0.3, -0.25) is 9.78 Å². The maximum absolute atomic E-state index is 10.4. The van der Waals surface area contributed by atoms with Crippen molar-refractivity contribution in [2.75, 3.05) is 0 Å². The molecule has 0 aliphatic heterocycles. The molecule has 1 heterocycles. The van der Waals surface area contributed by atoms with Crippen LogP contribution in [0.25, 0.3) is 0 Å². The second-order valence-electron chi connectivity index (χ2n) is 2.21. The molecule has 0 saturated heterocycles. The number of nitrogens with two attached hydrogens (primary N) is 1. The third kappa shape index (κ3) is 1.72. The Balaban J connectivity index is 3.02. The Labute approximate surface area is 74.0 Å². The molecule has 0 saturated carbocycles. The highest BCUT2D eigenvalue weighted by Crippen LogP contribution is 2.19. The average molecular weight is 187 g/mol. The number of hydrogen-bond donors (Lipinski definition) is 2. The zero-order valence-corrected chi connectivity index (χ0v) is 6.82. The molecular weight excluding hydrogens is 180 g/mol. The number of halogens is 1. The monoisotopic (exact) mass is 186 g/mol. The molecule has 4 nitrogen and oxygen atoms in total. The first-order valence-electron chi connectivity index (χ1n) is 3.20. The van der Waals surface area contributed by atoms with Crippen molar-refractivity contribution in [3.8, 4) is 0 Å². The summed E-state index contributed by atoms with van der Waals surface area (Å²) in [7, 11) is 0. The van der Waals surface area contributed by atoms with Gasteiger partial charge in [0.05, 0.1) is 5.02 Å². The number of aromatic nitrogens is 1. The molecule has 3 N–H and O–H groups in total. The molecule has 1 aromatic heterocycles. The van der Waals surface area contributed by atoms with E-state index in [9.17, 15) is 4.79 Å². The standard InChI is InChI=1S/C7H7ClN2O2/c8-5-3-10-2-1-4(5)6(9)7(11)12/h1-3,6H,9H2,(H,11,12)/t6-/m1/s1. The van der Waals surface area contributed by atoms with Gasteiger partial charge in [0, 0.05) is 18.0 Å². The van der Waals surface area contributed by atoms with Crippen molar-refractivity contribution in [1.29, 1.82) is 0 Å². The van der Waals surface area contributed by atoms with Crippen LogP contribution in [0.1, 0.15) is 11.6 Å². The molecular formula is C7H7ClN2O2. The van der Waals surface area contributed by atoms with Gasteiger partial charge in [0.1, 0.15) is 6.04 Å². The summed E-state index contributed by atoms with van der Waals surface area (Å²) in [4.78, 5) is 14.2. The van der Waals surface area contributed by atoms with E-state index >= 15 is 0 Å². The van der Waals surface area contributed by atoms with Crippen molar-refractivity contribution < 1.29 is 9.90 Å². The van der Waals surface area contributed by atoms with Crippen LogP contribution >= 0.6 is 11.6 Å². The van der Waals surface area contributed by atoms with Gasteiger partial charge >= 0.3 is 5.97 Å². The molecule has 0 amide bonds. The van der Waals surface area contributed by atoms with E-state index in [4.69, 9.17) is 22.4 Å². The summed E-state index contributed by atoms with van der Waals surface area (Å²) in [6.45, 7) is 0. The number of pyridine rings is 1.